The predicted octanol–water partition coefficient (Wildman–Crippen LogP) is 2.01. The molecule has 0 aliphatic carbocycles. The van der Waals surface area contributed by atoms with Gasteiger partial charge in [0.25, 0.3) is 5.91 Å². The Morgan fingerprint density at radius 3 is 2.55 bits per heavy atom. The molecule has 0 spiro atoms. The van der Waals surface area contributed by atoms with Crippen LogP contribution in [0, 0.1) is 0 Å². The molecule has 1 aromatic rings. The number of hydrogen-bond donors (Lipinski definition) is 2. The van der Waals surface area contributed by atoms with Gasteiger partial charge in [-0.05, 0) is 19.4 Å². The SMILES string of the molecule is CCC(C)(NC(=O)c1ccnc(OCC(F)(F)F)c1)C(=O)O. The van der Waals surface area contributed by atoms with E-state index in [0.29, 0.717) is 0 Å². The molecule has 0 aliphatic rings. The average Bonchev–Trinajstić information content (AvgIpc) is 2.44. The number of carboxylic acids is 1. The molecule has 1 amide bonds. The molecule has 6 nitrogen and oxygen atoms in total. The normalized spacial score (nSPS) is 14.0. The number of hydrogen-bond acceptors (Lipinski definition) is 4. The van der Waals surface area contributed by atoms with Gasteiger partial charge in [0.1, 0.15) is 5.54 Å². The Bertz CT molecular complexity index is 562. The minimum atomic E-state index is -4.52. The maximum atomic E-state index is 12.1. The number of rotatable bonds is 6. The fourth-order valence-corrected chi connectivity index (χ4v) is 1.40. The number of amides is 1. The van der Waals surface area contributed by atoms with Gasteiger partial charge in [-0.25, -0.2) is 9.78 Å². The van der Waals surface area contributed by atoms with E-state index in [4.69, 9.17) is 5.11 Å². The monoisotopic (exact) mass is 320 g/mol. The summed E-state index contributed by atoms with van der Waals surface area (Å²) in [6, 6.07) is 2.26. The van der Waals surface area contributed by atoms with E-state index in [-0.39, 0.29) is 17.9 Å². The first-order valence-electron chi connectivity index (χ1n) is 6.29. The van der Waals surface area contributed by atoms with Crippen molar-refractivity contribution in [3.8, 4) is 5.88 Å². The van der Waals surface area contributed by atoms with E-state index >= 15 is 0 Å². The topological polar surface area (TPSA) is 88.5 Å². The number of ether oxygens (including phenoxy) is 1. The third-order valence-electron chi connectivity index (χ3n) is 2.95. The molecule has 9 heteroatoms. The van der Waals surface area contributed by atoms with Crippen LogP contribution in [0.3, 0.4) is 0 Å². The van der Waals surface area contributed by atoms with E-state index in [1.54, 1.807) is 6.92 Å². The van der Waals surface area contributed by atoms with Crippen molar-refractivity contribution in [2.24, 2.45) is 0 Å². The number of nitrogens with zero attached hydrogens (tertiary/aromatic N) is 1. The van der Waals surface area contributed by atoms with Gasteiger partial charge in [0, 0.05) is 17.8 Å². The van der Waals surface area contributed by atoms with Crippen molar-refractivity contribution in [2.45, 2.75) is 32.0 Å². The highest BCUT2D eigenvalue weighted by molar-refractivity contribution is 5.97. The molecule has 0 saturated heterocycles. The fraction of sp³-hybridized carbons (Fsp3) is 0.462. The van der Waals surface area contributed by atoms with Crippen LogP contribution in [0.25, 0.3) is 0 Å². The zero-order chi connectivity index (χ0) is 17.0. The summed E-state index contributed by atoms with van der Waals surface area (Å²) in [5.41, 5.74) is -1.53. The quantitative estimate of drug-likeness (QED) is 0.837. The third-order valence-corrected chi connectivity index (χ3v) is 2.95. The molecule has 0 radical (unpaired) electrons. The van der Waals surface area contributed by atoms with Crippen LogP contribution in [0.2, 0.25) is 0 Å². The standard InChI is InChI=1S/C13H15F3N2O4/c1-3-12(2,11(20)21)18-10(19)8-4-5-17-9(6-8)22-7-13(14,15)16/h4-6H,3,7H2,1-2H3,(H,18,19)(H,20,21). The van der Waals surface area contributed by atoms with Gasteiger partial charge in [-0.3, -0.25) is 4.79 Å². The molecule has 0 bridgehead atoms. The van der Waals surface area contributed by atoms with E-state index in [1.165, 1.54) is 13.0 Å². The van der Waals surface area contributed by atoms with Crippen LogP contribution in [-0.4, -0.2) is 40.3 Å². The Morgan fingerprint density at radius 1 is 1.41 bits per heavy atom. The van der Waals surface area contributed by atoms with Crippen LogP contribution in [0.4, 0.5) is 13.2 Å². The highest BCUT2D eigenvalue weighted by atomic mass is 19.4. The lowest BCUT2D eigenvalue weighted by atomic mass is 9.98. The van der Waals surface area contributed by atoms with Gasteiger partial charge in [0.05, 0.1) is 0 Å². The van der Waals surface area contributed by atoms with Crippen molar-refractivity contribution in [3.05, 3.63) is 23.9 Å². The zero-order valence-corrected chi connectivity index (χ0v) is 11.9. The lowest BCUT2D eigenvalue weighted by Crippen LogP contribution is -2.51. The first-order chi connectivity index (χ1) is 10.1. The summed E-state index contributed by atoms with van der Waals surface area (Å²) in [6.07, 6.45) is -3.29. The molecule has 0 aromatic carbocycles. The van der Waals surface area contributed by atoms with E-state index in [2.05, 4.69) is 15.0 Å². The Hall–Kier alpha value is -2.32. The van der Waals surface area contributed by atoms with Gasteiger partial charge in [0.15, 0.2) is 6.61 Å². The number of nitrogens with one attached hydrogen (secondary N) is 1. The average molecular weight is 320 g/mol. The van der Waals surface area contributed by atoms with Crippen LogP contribution in [0.5, 0.6) is 5.88 Å². The van der Waals surface area contributed by atoms with Crippen molar-refractivity contribution in [1.82, 2.24) is 10.3 Å². The van der Waals surface area contributed by atoms with Gasteiger partial charge < -0.3 is 15.2 Å². The molecule has 22 heavy (non-hydrogen) atoms. The molecule has 122 valence electrons. The summed E-state index contributed by atoms with van der Waals surface area (Å²) in [5.74, 6) is -2.34. The van der Waals surface area contributed by atoms with Crippen LogP contribution in [-0.2, 0) is 4.79 Å². The fourth-order valence-electron chi connectivity index (χ4n) is 1.40. The van der Waals surface area contributed by atoms with E-state index < -0.39 is 30.2 Å². The number of pyridine rings is 1. The van der Waals surface area contributed by atoms with Crippen molar-refractivity contribution < 1.29 is 32.6 Å². The number of carboxylic acid groups (broad SMARTS) is 1. The van der Waals surface area contributed by atoms with Gasteiger partial charge in [0.2, 0.25) is 5.88 Å². The molecule has 1 aromatic heterocycles. The highest BCUT2D eigenvalue weighted by Crippen LogP contribution is 2.18. The van der Waals surface area contributed by atoms with Gasteiger partial charge in [-0.15, -0.1) is 0 Å². The largest absolute Gasteiger partial charge is 0.480 e. The molecule has 1 atom stereocenters. The molecule has 1 rings (SSSR count). The molecule has 0 saturated carbocycles. The second-order valence-electron chi connectivity index (χ2n) is 4.73. The Labute approximate surface area is 124 Å². The Balaban J connectivity index is 2.84. The lowest BCUT2D eigenvalue weighted by molar-refractivity contribution is -0.154. The third kappa shape index (κ3) is 4.90. The van der Waals surface area contributed by atoms with E-state index in [9.17, 15) is 22.8 Å². The Kier molecular flexibility index (Phi) is 5.34. The summed E-state index contributed by atoms with van der Waals surface area (Å²) < 4.78 is 40.6. The highest BCUT2D eigenvalue weighted by Gasteiger charge is 2.33. The second kappa shape index (κ2) is 6.63. The first kappa shape index (κ1) is 17.7. The van der Waals surface area contributed by atoms with Crippen LogP contribution in [0.1, 0.15) is 30.6 Å². The predicted molar refractivity (Wildman–Crippen MR) is 69.6 cm³/mol. The van der Waals surface area contributed by atoms with Crippen molar-refractivity contribution in [3.63, 3.8) is 0 Å². The lowest BCUT2D eigenvalue weighted by Gasteiger charge is -2.24. The van der Waals surface area contributed by atoms with Crippen molar-refractivity contribution in [2.75, 3.05) is 6.61 Å². The van der Waals surface area contributed by atoms with Crippen molar-refractivity contribution >= 4 is 11.9 Å². The molecule has 0 fully saturated rings. The molecular weight excluding hydrogens is 305 g/mol. The number of alkyl halides is 3. The van der Waals surface area contributed by atoms with E-state index in [0.717, 1.165) is 12.3 Å². The van der Waals surface area contributed by atoms with E-state index in [1.807, 2.05) is 0 Å². The van der Waals surface area contributed by atoms with Crippen LogP contribution >= 0.6 is 0 Å². The van der Waals surface area contributed by atoms with Gasteiger partial charge in [-0.2, -0.15) is 13.2 Å². The summed E-state index contributed by atoms with van der Waals surface area (Å²) >= 11 is 0. The number of aliphatic carboxylic acids is 1. The summed E-state index contributed by atoms with van der Waals surface area (Å²) in [7, 11) is 0. The van der Waals surface area contributed by atoms with Crippen LogP contribution in [0.15, 0.2) is 18.3 Å². The van der Waals surface area contributed by atoms with Crippen molar-refractivity contribution in [1.29, 1.82) is 0 Å². The summed E-state index contributed by atoms with van der Waals surface area (Å²) in [5, 5.41) is 11.4. The first-order valence-corrected chi connectivity index (χ1v) is 6.29. The molecule has 2 N–H and O–H groups in total. The zero-order valence-electron chi connectivity index (χ0n) is 11.9. The second-order valence-corrected chi connectivity index (χ2v) is 4.73. The maximum absolute atomic E-state index is 12.1. The smallest absolute Gasteiger partial charge is 0.422 e. The molecule has 1 heterocycles. The number of halogens is 3. The Morgan fingerprint density at radius 2 is 2.05 bits per heavy atom. The minimum absolute atomic E-state index is 0.0481. The minimum Gasteiger partial charge on any atom is -0.480 e. The number of carbonyl (C=O) groups is 2. The molecule has 0 aliphatic heterocycles. The number of aromatic nitrogens is 1. The summed E-state index contributed by atoms with van der Waals surface area (Å²) in [4.78, 5) is 26.7. The van der Waals surface area contributed by atoms with Gasteiger partial charge in [-0.1, -0.05) is 6.92 Å². The molecular formula is C13H15F3N2O4. The maximum Gasteiger partial charge on any atom is 0.422 e. The van der Waals surface area contributed by atoms with Crippen LogP contribution < -0.4 is 10.1 Å². The van der Waals surface area contributed by atoms with Gasteiger partial charge >= 0.3 is 12.1 Å². The number of carbonyl (C=O) groups excluding carboxylic acids is 1. The summed E-state index contributed by atoms with van der Waals surface area (Å²) in [6.45, 7) is 1.38. The molecule has 1 unspecified atom stereocenters.